The van der Waals surface area contributed by atoms with Crippen molar-refractivity contribution in [1.82, 2.24) is 25.3 Å². The molecule has 12 heteroatoms. The maximum absolute atomic E-state index is 14.6. The van der Waals surface area contributed by atoms with Crippen LogP contribution in [0, 0.1) is 5.92 Å². The lowest BCUT2D eigenvalue weighted by Crippen LogP contribution is -2.66. The van der Waals surface area contributed by atoms with Crippen molar-refractivity contribution in [1.29, 1.82) is 0 Å². The molecule has 3 heterocycles. The van der Waals surface area contributed by atoms with E-state index in [4.69, 9.17) is 9.47 Å². The average Bonchev–Trinajstić information content (AvgIpc) is 3.40. The van der Waals surface area contributed by atoms with Gasteiger partial charge in [0.05, 0.1) is 19.2 Å². The van der Waals surface area contributed by atoms with Crippen molar-refractivity contribution in [3.8, 4) is 5.75 Å². The Balaban J connectivity index is 1.38. The summed E-state index contributed by atoms with van der Waals surface area (Å²) in [7, 11) is 1.50. The summed E-state index contributed by atoms with van der Waals surface area (Å²) in [5.41, 5.74) is 0.161. The van der Waals surface area contributed by atoms with E-state index < -0.39 is 35.7 Å². The lowest BCUT2D eigenvalue weighted by atomic mass is 9.82. The number of fused-ring (bicyclic) bond motifs is 2. The van der Waals surface area contributed by atoms with Gasteiger partial charge in [-0.15, -0.1) is 0 Å². The molecule has 12 nitrogen and oxygen atoms in total. The van der Waals surface area contributed by atoms with Gasteiger partial charge in [-0.2, -0.15) is 0 Å². The van der Waals surface area contributed by atoms with Gasteiger partial charge in [0.2, 0.25) is 17.7 Å². The van der Waals surface area contributed by atoms with E-state index in [1.165, 1.54) is 11.9 Å². The molecule has 1 aromatic rings. The predicted molar refractivity (Wildman–Crippen MR) is 170 cm³/mol. The summed E-state index contributed by atoms with van der Waals surface area (Å²) in [5.74, 6) is -0.372. The minimum absolute atomic E-state index is 0.0907. The molecule has 1 saturated carbocycles. The zero-order valence-corrected chi connectivity index (χ0v) is 27.8. The Hall–Kier alpha value is -3.67. The summed E-state index contributed by atoms with van der Waals surface area (Å²) in [5, 5.41) is 6.17. The molecule has 0 spiro atoms. The fourth-order valence-electron chi connectivity index (χ4n) is 7.08. The second-order valence-electron chi connectivity index (χ2n) is 14.2. The molecule has 2 saturated heterocycles. The molecule has 1 aromatic carbocycles. The number of ether oxygens (including phenoxy) is 2. The van der Waals surface area contributed by atoms with Gasteiger partial charge >= 0.3 is 6.09 Å². The first-order valence-electron chi connectivity index (χ1n) is 16.7. The Bertz CT molecular complexity index is 1320. The number of amides is 4. The molecule has 3 aliphatic heterocycles. The number of rotatable bonds is 7. The number of hydrogen-bond donors (Lipinski definition) is 2. The van der Waals surface area contributed by atoms with Gasteiger partial charge in [-0.25, -0.2) is 4.79 Å². The van der Waals surface area contributed by atoms with Crippen molar-refractivity contribution in [3.05, 3.63) is 29.8 Å². The summed E-state index contributed by atoms with van der Waals surface area (Å²) < 4.78 is 11.2. The van der Waals surface area contributed by atoms with Crippen LogP contribution in [0.2, 0.25) is 0 Å². The van der Waals surface area contributed by atoms with E-state index in [9.17, 15) is 24.0 Å². The second-order valence-corrected chi connectivity index (χ2v) is 14.2. The fraction of sp³-hybridized carbons (Fsp3) is 0.676. The molecule has 0 bridgehead atoms. The highest BCUT2D eigenvalue weighted by Gasteiger charge is 2.47. The minimum Gasteiger partial charge on any atom is -0.493 e. The average molecular weight is 640 g/mol. The van der Waals surface area contributed by atoms with Crippen LogP contribution in [0.4, 0.5) is 4.79 Å². The summed E-state index contributed by atoms with van der Waals surface area (Å²) in [6.45, 7) is 8.05. The van der Waals surface area contributed by atoms with Gasteiger partial charge < -0.3 is 25.0 Å². The molecule has 3 fully saturated rings. The zero-order valence-electron chi connectivity index (χ0n) is 27.8. The quantitative estimate of drug-likeness (QED) is 0.465. The molecule has 5 atom stereocenters. The number of likely N-dealkylation sites (N-methyl/N-ethyl adjacent to an activating group) is 1. The molecule has 1 aliphatic carbocycles. The van der Waals surface area contributed by atoms with Crippen molar-refractivity contribution in [2.45, 2.75) is 108 Å². The summed E-state index contributed by atoms with van der Waals surface area (Å²) >= 11 is 0. The van der Waals surface area contributed by atoms with E-state index in [1.807, 2.05) is 29.2 Å². The van der Waals surface area contributed by atoms with Crippen molar-refractivity contribution >= 4 is 29.6 Å². The predicted octanol–water partition coefficient (Wildman–Crippen LogP) is 2.80. The van der Waals surface area contributed by atoms with Crippen LogP contribution in [0.15, 0.2) is 24.3 Å². The number of hydrogen-bond acceptors (Lipinski definition) is 8. The first-order valence-corrected chi connectivity index (χ1v) is 16.7. The number of para-hydroxylation sites is 1. The zero-order chi connectivity index (χ0) is 33.2. The highest BCUT2D eigenvalue weighted by Crippen LogP contribution is 2.33. The molecule has 252 valence electrons. The van der Waals surface area contributed by atoms with Gasteiger partial charge in [0, 0.05) is 44.6 Å². The molecule has 0 aromatic heterocycles. The van der Waals surface area contributed by atoms with Crippen molar-refractivity contribution in [2.24, 2.45) is 5.92 Å². The van der Waals surface area contributed by atoms with E-state index in [2.05, 4.69) is 10.6 Å². The minimum atomic E-state index is -0.897. The van der Waals surface area contributed by atoms with Gasteiger partial charge in [0.15, 0.2) is 0 Å². The maximum Gasteiger partial charge on any atom is 0.410 e. The summed E-state index contributed by atoms with van der Waals surface area (Å²) in [6.07, 6.45) is 4.76. The monoisotopic (exact) mass is 639 g/mol. The van der Waals surface area contributed by atoms with Crippen LogP contribution < -0.4 is 15.4 Å². The molecule has 5 rings (SSSR count). The van der Waals surface area contributed by atoms with Gasteiger partial charge in [-0.1, -0.05) is 37.5 Å². The van der Waals surface area contributed by atoms with Crippen molar-refractivity contribution in [3.63, 3.8) is 0 Å². The number of carbonyl (C=O) groups is 5. The number of nitrogens with zero attached hydrogens (tertiary/aromatic N) is 3. The third-order valence-electron chi connectivity index (χ3n) is 9.74. The number of nitrogens with one attached hydrogen (secondary N) is 2. The third kappa shape index (κ3) is 7.65. The molecule has 4 amide bonds. The Labute approximate surface area is 271 Å². The Morgan fingerprint density at radius 1 is 1.04 bits per heavy atom. The Kier molecular flexibility index (Phi) is 10.2. The number of ketones is 1. The summed E-state index contributed by atoms with van der Waals surface area (Å²) in [6, 6.07) is 4.55. The lowest BCUT2D eigenvalue weighted by Gasteiger charge is -2.45. The first-order chi connectivity index (χ1) is 21.8. The van der Waals surface area contributed by atoms with Gasteiger partial charge in [0.1, 0.15) is 35.3 Å². The number of piperazine rings is 1. The smallest absolute Gasteiger partial charge is 0.410 e. The van der Waals surface area contributed by atoms with Crippen molar-refractivity contribution < 1.29 is 33.4 Å². The lowest BCUT2D eigenvalue weighted by molar-refractivity contribution is -0.150. The maximum atomic E-state index is 14.6. The molecule has 4 aliphatic rings. The topological polar surface area (TPSA) is 138 Å². The van der Waals surface area contributed by atoms with Gasteiger partial charge in [0.25, 0.3) is 0 Å². The highest BCUT2D eigenvalue weighted by molar-refractivity contribution is 5.95. The van der Waals surface area contributed by atoms with Crippen LogP contribution in [0.3, 0.4) is 0 Å². The van der Waals surface area contributed by atoms with E-state index in [0.717, 1.165) is 43.4 Å². The van der Waals surface area contributed by atoms with Gasteiger partial charge in [-0.3, -0.25) is 29.0 Å². The number of Topliss-reactive ketones (excluding diaryl/α,β-unsaturated/α-hetero) is 1. The Morgan fingerprint density at radius 3 is 2.48 bits per heavy atom. The first kappa shape index (κ1) is 33.7. The van der Waals surface area contributed by atoms with Crippen molar-refractivity contribution in [2.75, 3.05) is 33.3 Å². The van der Waals surface area contributed by atoms with E-state index in [1.54, 1.807) is 32.6 Å². The third-order valence-corrected chi connectivity index (χ3v) is 9.74. The summed E-state index contributed by atoms with van der Waals surface area (Å²) in [4.78, 5) is 72.4. The van der Waals surface area contributed by atoms with Crippen LogP contribution in [0.25, 0.3) is 0 Å². The van der Waals surface area contributed by atoms with E-state index in [0.29, 0.717) is 19.4 Å². The van der Waals surface area contributed by atoms with Crippen LogP contribution in [0.5, 0.6) is 5.75 Å². The van der Waals surface area contributed by atoms with E-state index in [-0.39, 0.29) is 55.2 Å². The standard InChI is InChI=1S/C34H49N5O7/c1-21(37(5)33(44)46-34(2,3)4)30(41)36-29(22-11-7-6-8-12-22)32(43)39-18-23-17-24(40)19-38(23)20-27(39)31(42)35-26-15-16-45-28-14-10-9-13-25(26)28/h9-10,13-14,21-23,26-27,29H,6-8,11-12,15-20H2,1-5H3,(H,35,42)(H,36,41)/t21-,23+,26+,27-,29-/m0/s1. The largest absolute Gasteiger partial charge is 0.493 e. The van der Waals surface area contributed by atoms with Crippen LogP contribution >= 0.6 is 0 Å². The molecular formula is C34H49N5O7. The number of benzene rings is 1. The number of carbonyl (C=O) groups excluding carboxylic acids is 5. The van der Waals surface area contributed by atoms with E-state index >= 15 is 0 Å². The Morgan fingerprint density at radius 2 is 1.76 bits per heavy atom. The molecule has 0 unspecified atom stereocenters. The van der Waals surface area contributed by atoms with Gasteiger partial charge in [-0.05, 0) is 52.5 Å². The van der Waals surface area contributed by atoms with Crippen LogP contribution in [0.1, 0.15) is 84.2 Å². The fourth-order valence-corrected chi connectivity index (χ4v) is 7.08. The highest BCUT2D eigenvalue weighted by atomic mass is 16.6. The second kappa shape index (κ2) is 14.0. The normalized spacial score (nSPS) is 24.9. The van der Waals surface area contributed by atoms with Crippen LogP contribution in [-0.2, 0) is 23.9 Å². The SMILES string of the molecule is C[C@@H](C(=O)N[C@H](C(=O)N1C[C@H]2CC(=O)CN2C[C@H]1C(=O)N[C@@H]1CCOc2ccccc21)C1CCCCC1)N(C)C(=O)OC(C)(C)C. The molecule has 0 radical (unpaired) electrons. The molecular weight excluding hydrogens is 590 g/mol. The van der Waals surface area contributed by atoms with Crippen LogP contribution in [-0.4, -0.2) is 107 Å². The molecule has 2 N–H and O–H groups in total. The molecule has 46 heavy (non-hydrogen) atoms.